The van der Waals surface area contributed by atoms with E-state index in [2.05, 4.69) is 4.98 Å². The molecule has 0 aliphatic rings. The van der Waals surface area contributed by atoms with E-state index in [1.807, 2.05) is 0 Å². The molecular formula is C9H8F3N3O4. The summed E-state index contributed by atoms with van der Waals surface area (Å²) < 4.78 is 36.6. The van der Waals surface area contributed by atoms with Crippen molar-refractivity contribution in [2.24, 2.45) is 0 Å². The third-order valence-electron chi connectivity index (χ3n) is 2.07. The smallest absolute Gasteiger partial charge is 0.405 e. The quantitative estimate of drug-likeness (QED) is 0.665. The third-order valence-corrected chi connectivity index (χ3v) is 2.07. The van der Waals surface area contributed by atoms with Gasteiger partial charge in [-0.15, -0.1) is 0 Å². The van der Waals surface area contributed by atoms with Crippen molar-refractivity contribution < 1.29 is 28.0 Å². The number of aromatic nitrogens is 1. The van der Waals surface area contributed by atoms with Crippen LogP contribution in [0.5, 0.6) is 0 Å². The summed E-state index contributed by atoms with van der Waals surface area (Å²) in [5.74, 6) is -2.09. The number of carbonyl (C=O) groups is 1. The number of aromatic carboxylic acids is 1. The summed E-state index contributed by atoms with van der Waals surface area (Å²) in [7, 11) is 0.994. The molecule has 0 spiro atoms. The molecule has 19 heavy (non-hydrogen) atoms. The summed E-state index contributed by atoms with van der Waals surface area (Å²) >= 11 is 0. The van der Waals surface area contributed by atoms with Crippen molar-refractivity contribution in [2.75, 3.05) is 18.5 Å². The Labute approximate surface area is 104 Å². The fraction of sp³-hybridized carbons (Fsp3) is 0.333. The Morgan fingerprint density at radius 1 is 1.58 bits per heavy atom. The lowest BCUT2D eigenvalue weighted by Crippen LogP contribution is -2.32. The van der Waals surface area contributed by atoms with Gasteiger partial charge in [0.1, 0.15) is 24.1 Å². The molecule has 1 aromatic heterocycles. The molecule has 0 aliphatic heterocycles. The van der Waals surface area contributed by atoms with Crippen LogP contribution in [0.3, 0.4) is 0 Å². The van der Waals surface area contributed by atoms with Crippen LogP contribution >= 0.6 is 0 Å². The number of carboxylic acids is 1. The summed E-state index contributed by atoms with van der Waals surface area (Å²) in [5, 5.41) is 19.3. The van der Waals surface area contributed by atoms with Gasteiger partial charge in [-0.1, -0.05) is 0 Å². The summed E-state index contributed by atoms with van der Waals surface area (Å²) in [5.41, 5.74) is -1.28. The van der Waals surface area contributed by atoms with Gasteiger partial charge >= 0.3 is 12.1 Å². The SMILES string of the molecule is CN(CC(F)(F)F)c1ncc([N+](=O)[O-])cc1C(=O)O. The van der Waals surface area contributed by atoms with E-state index in [0.717, 1.165) is 7.05 Å². The van der Waals surface area contributed by atoms with Crippen LogP contribution in [0.2, 0.25) is 0 Å². The number of rotatable bonds is 4. The van der Waals surface area contributed by atoms with Gasteiger partial charge in [0.25, 0.3) is 5.69 Å². The van der Waals surface area contributed by atoms with Crippen LogP contribution in [0.1, 0.15) is 10.4 Å². The highest BCUT2D eigenvalue weighted by atomic mass is 19.4. The maximum absolute atomic E-state index is 12.2. The molecule has 0 atom stereocenters. The standard InChI is InChI=1S/C9H8F3N3O4/c1-14(4-9(10,11)12)7-6(8(16)17)2-5(3-13-7)15(18)19/h2-3H,4H2,1H3,(H,16,17). The minimum absolute atomic E-state index is 0.490. The first-order valence-electron chi connectivity index (χ1n) is 4.77. The lowest BCUT2D eigenvalue weighted by molar-refractivity contribution is -0.385. The molecule has 0 fully saturated rings. The van der Waals surface area contributed by atoms with Crippen LogP contribution in [0, 0.1) is 10.1 Å². The fourth-order valence-corrected chi connectivity index (χ4v) is 1.35. The number of carboxylic acid groups (broad SMARTS) is 1. The van der Waals surface area contributed by atoms with E-state index < -0.39 is 40.7 Å². The average molecular weight is 279 g/mol. The molecule has 0 saturated carbocycles. The van der Waals surface area contributed by atoms with Gasteiger partial charge < -0.3 is 10.0 Å². The summed E-state index contributed by atoms with van der Waals surface area (Å²) in [6, 6.07) is 0.664. The number of alkyl halides is 3. The number of anilines is 1. The molecule has 0 saturated heterocycles. The number of nitro groups is 1. The Morgan fingerprint density at radius 2 is 2.16 bits per heavy atom. The highest BCUT2D eigenvalue weighted by molar-refractivity contribution is 5.94. The number of nitrogens with zero attached hydrogens (tertiary/aromatic N) is 3. The monoisotopic (exact) mass is 279 g/mol. The highest BCUT2D eigenvalue weighted by Gasteiger charge is 2.31. The Bertz CT molecular complexity index is 518. The minimum Gasteiger partial charge on any atom is -0.478 e. The van der Waals surface area contributed by atoms with Gasteiger partial charge in [0.2, 0.25) is 0 Å². The number of pyridine rings is 1. The molecule has 0 aliphatic carbocycles. The molecule has 10 heteroatoms. The molecular weight excluding hydrogens is 271 g/mol. The maximum Gasteiger partial charge on any atom is 0.405 e. The van der Waals surface area contributed by atoms with E-state index in [1.165, 1.54) is 0 Å². The van der Waals surface area contributed by atoms with E-state index in [0.29, 0.717) is 17.2 Å². The predicted molar refractivity (Wildman–Crippen MR) is 57.2 cm³/mol. The fourth-order valence-electron chi connectivity index (χ4n) is 1.35. The maximum atomic E-state index is 12.2. The summed E-state index contributed by atoms with van der Waals surface area (Å²) in [6.45, 7) is -1.42. The first-order chi connectivity index (χ1) is 8.61. The van der Waals surface area contributed by atoms with Gasteiger partial charge in [0.15, 0.2) is 0 Å². The van der Waals surface area contributed by atoms with Crippen LogP contribution in [-0.4, -0.2) is 40.8 Å². The van der Waals surface area contributed by atoms with Gasteiger partial charge in [-0.3, -0.25) is 10.1 Å². The van der Waals surface area contributed by atoms with Crippen molar-refractivity contribution >= 4 is 17.5 Å². The Hall–Kier alpha value is -2.39. The third kappa shape index (κ3) is 3.79. The van der Waals surface area contributed by atoms with Crippen molar-refractivity contribution in [1.29, 1.82) is 0 Å². The van der Waals surface area contributed by atoms with Crippen molar-refractivity contribution in [3.63, 3.8) is 0 Å². The van der Waals surface area contributed by atoms with Gasteiger partial charge in [-0.2, -0.15) is 13.2 Å². The molecule has 0 radical (unpaired) electrons. The van der Waals surface area contributed by atoms with Crippen LogP contribution in [0.15, 0.2) is 12.3 Å². The molecule has 0 aromatic carbocycles. The molecule has 1 aromatic rings. The zero-order chi connectivity index (χ0) is 14.8. The summed E-state index contributed by atoms with van der Waals surface area (Å²) in [6.07, 6.45) is -3.84. The van der Waals surface area contributed by atoms with Crippen LogP contribution in [0.4, 0.5) is 24.7 Å². The molecule has 0 bridgehead atoms. The lowest BCUT2D eigenvalue weighted by atomic mass is 10.2. The first kappa shape index (κ1) is 14.7. The van der Waals surface area contributed by atoms with Gasteiger partial charge in [-0.25, -0.2) is 9.78 Å². The van der Waals surface area contributed by atoms with E-state index in [1.54, 1.807) is 0 Å². The molecule has 0 unspecified atom stereocenters. The Kier molecular flexibility index (Phi) is 3.92. The van der Waals surface area contributed by atoms with Crippen molar-refractivity contribution in [1.82, 2.24) is 4.98 Å². The van der Waals surface area contributed by atoms with E-state index >= 15 is 0 Å². The molecule has 1 heterocycles. The van der Waals surface area contributed by atoms with Crippen molar-refractivity contribution in [3.8, 4) is 0 Å². The molecule has 1 N–H and O–H groups in total. The molecule has 0 amide bonds. The molecule has 104 valence electrons. The Balaban J connectivity index is 3.20. The molecule has 7 nitrogen and oxygen atoms in total. The topological polar surface area (TPSA) is 96.6 Å². The zero-order valence-electron chi connectivity index (χ0n) is 9.51. The van der Waals surface area contributed by atoms with Crippen molar-refractivity contribution in [3.05, 3.63) is 27.9 Å². The number of hydrogen-bond donors (Lipinski definition) is 1. The number of halogens is 3. The average Bonchev–Trinajstić information content (AvgIpc) is 2.25. The largest absolute Gasteiger partial charge is 0.478 e. The zero-order valence-corrected chi connectivity index (χ0v) is 9.51. The van der Waals surface area contributed by atoms with Crippen LogP contribution in [0.25, 0.3) is 0 Å². The van der Waals surface area contributed by atoms with Crippen molar-refractivity contribution in [2.45, 2.75) is 6.18 Å². The lowest BCUT2D eigenvalue weighted by Gasteiger charge is -2.20. The predicted octanol–water partition coefficient (Wildman–Crippen LogP) is 1.69. The van der Waals surface area contributed by atoms with Crippen LogP contribution < -0.4 is 4.90 Å². The summed E-state index contributed by atoms with van der Waals surface area (Å²) in [4.78, 5) is 24.5. The Morgan fingerprint density at radius 3 is 2.58 bits per heavy atom. The minimum atomic E-state index is -4.55. The van der Waals surface area contributed by atoms with Gasteiger partial charge in [-0.05, 0) is 0 Å². The van der Waals surface area contributed by atoms with Gasteiger partial charge in [0.05, 0.1) is 4.92 Å². The first-order valence-corrected chi connectivity index (χ1v) is 4.77. The normalized spacial score (nSPS) is 11.2. The van der Waals surface area contributed by atoms with Crippen LogP contribution in [-0.2, 0) is 0 Å². The number of hydrogen-bond acceptors (Lipinski definition) is 5. The van der Waals surface area contributed by atoms with E-state index in [4.69, 9.17) is 5.11 Å². The molecule has 1 rings (SSSR count). The van der Waals surface area contributed by atoms with E-state index in [-0.39, 0.29) is 0 Å². The second kappa shape index (κ2) is 5.08. The van der Waals surface area contributed by atoms with Gasteiger partial charge in [0, 0.05) is 13.1 Å². The highest BCUT2D eigenvalue weighted by Crippen LogP contribution is 2.25. The van der Waals surface area contributed by atoms with E-state index in [9.17, 15) is 28.1 Å². The second-order valence-electron chi connectivity index (χ2n) is 3.60. The second-order valence-corrected chi connectivity index (χ2v) is 3.60.